The molecule has 104 valence electrons. The summed E-state index contributed by atoms with van der Waals surface area (Å²) in [4.78, 5) is 0. The lowest BCUT2D eigenvalue weighted by molar-refractivity contribution is 0.00300. The SMILES string of the molecule is CCC(C)COCCOCCOCC(C)CC. The molecule has 0 aliphatic carbocycles. The van der Waals surface area contributed by atoms with E-state index in [1.165, 1.54) is 12.8 Å². The van der Waals surface area contributed by atoms with Gasteiger partial charge in [0, 0.05) is 13.2 Å². The van der Waals surface area contributed by atoms with Crippen LogP contribution in [-0.4, -0.2) is 39.6 Å². The van der Waals surface area contributed by atoms with Crippen LogP contribution in [-0.2, 0) is 14.2 Å². The lowest BCUT2D eigenvalue weighted by atomic mass is 10.1. The summed E-state index contributed by atoms with van der Waals surface area (Å²) in [5.74, 6) is 1.29. The molecule has 0 saturated heterocycles. The highest BCUT2D eigenvalue weighted by atomic mass is 16.5. The Morgan fingerprint density at radius 2 is 1.00 bits per heavy atom. The molecule has 0 radical (unpaired) electrons. The topological polar surface area (TPSA) is 27.7 Å². The normalized spacial score (nSPS) is 14.8. The number of rotatable bonds is 12. The minimum atomic E-state index is 0.647. The fourth-order valence-corrected chi connectivity index (χ4v) is 1.14. The summed E-state index contributed by atoms with van der Waals surface area (Å²) < 4.78 is 16.4. The summed E-state index contributed by atoms with van der Waals surface area (Å²) in [7, 11) is 0. The van der Waals surface area contributed by atoms with Gasteiger partial charge in [-0.05, 0) is 11.8 Å². The van der Waals surface area contributed by atoms with Crippen molar-refractivity contribution in [3.05, 3.63) is 0 Å². The van der Waals surface area contributed by atoms with Crippen LogP contribution in [0.2, 0.25) is 0 Å². The molecule has 0 fully saturated rings. The van der Waals surface area contributed by atoms with Crippen LogP contribution in [0.1, 0.15) is 40.5 Å². The Kier molecular flexibility index (Phi) is 12.3. The summed E-state index contributed by atoms with van der Waals surface area (Å²) >= 11 is 0. The first-order valence-corrected chi connectivity index (χ1v) is 6.93. The molecular weight excluding hydrogens is 216 g/mol. The van der Waals surface area contributed by atoms with Crippen molar-refractivity contribution in [3.63, 3.8) is 0 Å². The van der Waals surface area contributed by atoms with Crippen LogP contribution in [0.3, 0.4) is 0 Å². The lowest BCUT2D eigenvalue weighted by Crippen LogP contribution is -2.13. The van der Waals surface area contributed by atoms with Gasteiger partial charge in [0.1, 0.15) is 0 Å². The molecule has 2 unspecified atom stereocenters. The second-order valence-corrected chi connectivity index (χ2v) is 4.79. The van der Waals surface area contributed by atoms with Crippen LogP contribution in [0, 0.1) is 11.8 Å². The Labute approximate surface area is 107 Å². The van der Waals surface area contributed by atoms with Crippen molar-refractivity contribution in [3.8, 4) is 0 Å². The van der Waals surface area contributed by atoms with Gasteiger partial charge in [0.05, 0.1) is 26.4 Å². The molecule has 0 rings (SSSR count). The molecule has 0 aliphatic heterocycles. The Hall–Kier alpha value is -0.120. The van der Waals surface area contributed by atoms with E-state index in [1.807, 2.05) is 0 Å². The van der Waals surface area contributed by atoms with Gasteiger partial charge in [0.25, 0.3) is 0 Å². The average molecular weight is 246 g/mol. The zero-order chi connectivity index (χ0) is 12.9. The Morgan fingerprint density at radius 1 is 0.647 bits per heavy atom. The van der Waals surface area contributed by atoms with Crippen molar-refractivity contribution in [2.45, 2.75) is 40.5 Å². The molecule has 3 nitrogen and oxygen atoms in total. The molecule has 2 atom stereocenters. The van der Waals surface area contributed by atoms with Gasteiger partial charge in [-0.1, -0.05) is 40.5 Å². The molecule has 0 saturated carbocycles. The fraction of sp³-hybridized carbons (Fsp3) is 1.00. The van der Waals surface area contributed by atoms with Crippen molar-refractivity contribution in [1.29, 1.82) is 0 Å². The van der Waals surface area contributed by atoms with E-state index in [0.29, 0.717) is 38.3 Å². The number of hydrogen-bond donors (Lipinski definition) is 0. The first-order valence-electron chi connectivity index (χ1n) is 6.93. The van der Waals surface area contributed by atoms with Gasteiger partial charge in [-0.15, -0.1) is 0 Å². The second kappa shape index (κ2) is 12.3. The third-order valence-corrected chi connectivity index (χ3v) is 2.94. The molecule has 0 amide bonds. The van der Waals surface area contributed by atoms with Crippen LogP contribution in [0.5, 0.6) is 0 Å². The third-order valence-electron chi connectivity index (χ3n) is 2.94. The summed E-state index contributed by atoms with van der Waals surface area (Å²) in [5, 5.41) is 0. The first kappa shape index (κ1) is 16.9. The Bertz CT molecular complexity index is 134. The Balaban J connectivity index is 3.04. The van der Waals surface area contributed by atoms with Crippen LogP contribution >= 0.6 is 0 Å². The minimum Gasteiger partial charge on any atom is -0.379 e. The highest BCUT2D eigenvalue weighted by Gasteiger charge is 1.99. The van der Waals surface area contributed by atoms with Gasteiger partial charge in [0.2, 0.25) is 0 Å². The molecule has 0 N–H and O–H groups in total. The van der Waals surface area contributed by atoms with Crippen LogP contribution < -0.4 is 0 Å². The lowest BCUT2D eigenvalue weighted by Gasteiger charge is -2.11. The first-order chi connectivity index (χ1) is 8.20. The van der Waals surface area contributed by atoms with Gasteiger partial charge >= 0.3 is 0 Å². The largest absolute Gasteiger partial charge is 0.379 e. The molecule has 0 aromatic heterocycles. The predicted octanol–water partition coefficient (Wildman–Crippen LogP) is 3.13. The number of ether oxygens (including phenoxy) is 3. The molecule has 0 heterocycles. The maximum absolute atomic E-state index is 5.48. The number of hydrogen-bond acceptors (Lipinski definition) is 3. The summed E-state index contributed by atoms with van der Waals surface area (Å²) in [5.41, 5.74) is 0. The van der Waals surface area contributed by atoms with E-state index in [4.69, 9.17) is 14.2 Å². The maximum Gasteiger partial charge on any atom is 0.0701 e. The zero-order valence-electron chi connectivity index (χ0n) is 12.0. The fourth-order valence-electron chi connectivity index (χ4n) is 1.14. The van der Waals surface area contributed by atoms with E-state index in [0.717, 1.165) is 13.2 Å². The van der Waals surface area contributed by atoms with E-state index < -0.39 is 0 Å². The van der Waals surface area contributed by atoms with Crippen molar-refractivity contribution in [2.75, 3.05) is 39.6 Å². The standard InChI is InChI=1S/C14H30O3/c1-5-13(3)11-16-9-7-15-8-10-17-12-14(4)6-2/h13-14H,5-12H2,1-4H3. The molecule has 3 heteroatoms. The Morgan fingerprint density at radius 3 is 1.35 bits per heavy atom. The molecular formula is C14H30O3. The van der Waals surface area contributed by atoms with Crippen LogP contribution in [0.4, 0.5) is 0 Å². The highest BCUT2D eigenvalue weighted by Crippen LogP contribution is 2.01. The van der Waals surface area contributed by atoms with Crippen LogP contribution in [0.25, 0.3) is 0 Å². The van der Waals surface area contributed by atoms with Gasteiger partial charge < -0.3 is 14.2 Å². The molecule has 0 aromatic rings. The van der Waals surface area contributed by atoms with E-state index in [1.54, 1.807) is 0 Å². The van der Waals surface area contributed by atoms with E-state index in [9.17, 15) is 0 Å². The van der Waals surface area contributed by atoms with E-state index in [2.05, 4.69) is 27.7 Å². The highest BCUT2D eigenvalue weighted by molar-refractivity contribution is 4.47. The van der Waals surface area contributed by atoms with Gasteiger partial charge in [-0.2, -0.15) is 0 Å². The second-order valence-electron chi connectivity index (χ2n) is 4.79. The summed E-state index contributed by atoms with van der Waals surface area (Å²) in [6.07, 6.45) is 2.34. The molecule has 0 spiro atoms. The molecule has 0 bridgehead atoms. The van der Waals surface area contributed by atoms with Crippen LogP contribution in [0.15, 0.2) is 0 Å². The minimum absolute atomic E-state index is 0.647. The van der Waals surface area contributed by atoms with Crippen molar-refractivity contribution in [2.24, 2.45) is 11.8 Å². The molecule has 0 aliphatic rings. The maximum atomic E-state index is 5.48. The average Bonchev–Trinajstić information content (AvgIpc) is 2.35. The monoisotopic (exact) mass is 246 g/mol. The smallest absolute Gasteiger partial charge is 0.0701 e. The van der Waals surface area contributed by atoms with E-state index >= 15 is 0 Å². The zero-order valence-corrected chi connectivity index (χ0v) is 12.0. The predicted molar refractivity (Wildman–Crippen MR) is 71.4 cm³/mol. The van der Waals surface area contributed by atoms with Crippen molar-refractivity contribution < 1.29 is 14.2 Å². The quantitative estimate of drug-likeness (QED) is 0.495. The van der Waals surface area contributed by atoms with Gasteiger partial charge in [0.15, 0.2) is 0 Å². The van der Waals surface area contributed by atoms with Gasteiger partial charge in [-0.25, -0.2) is 0 Å². The molecule has 17 heavy (non-hydrogen) atoms. The van der Waals surface area contributed by atoms with E-state index in [-0.39, 0.29) is 0 Å². The van der Waals surface area contributed by atoms with Gasteiger partial charge in [-0.3, -0.25) is 0 Å². The van der Waals surface area contributed by atoms with Crippen molar-refractivity contribution in [1.82, 2.24) is 0 Å². The molecule has 0 aromatic carbocycles. The summed E-state index contributed by atoms with van der Waals surface area (Å²) in [6.45, 7) is 13.2. The third kappa shape index (κ3) is 12.1. The van der Waals surface area contributed by atoms with Crippen molar-refractivity contribution >= 4 is 0 Å². The summed E-state index contributed by atoms with van der Waals surface area (Å²) in [6, 6.07) is 0.